The van der Waals surface area contributed by atoms with Gasteiger partial charge in [0.05, 0.1) is 24.8 Å². The lowest BCUT2D eigenvalue weighted by Crippen LogP contribution is -2.17. The highest BCUT2D eigenvalue weighted by molar-refractivity contribution is 6.01. The number of benzene rings is 3. The minimum absolute atomic E-state index is 0.0918. The lowest BCUT2D eigenvalue weighted by atomic mass is 10.1. The second kappa shape index (κ2) is 11.2. The molecule has 1 N–H and O–H groups in total. The van der Waals surface area contributed by atoms with Gasteiger partial charge in [0.25, 0.3) is 0 Å². The van der Waals surface area contributed by atoms with Gasteiger partial charge >= 0.3 is 5.97 Å². The van der Waals surface area contributed by atoms with Crippen molar-refractivity contribution < 1.29 is 23.8 Å². The molecule has 0 aliphatic heterocycles. The fourth-order valence-electron chi connectivity index (χ4n) is 3.52. The molecule has 0 atom stereocenters. The van der Waals surface area contributed by atoms with Crippen molar-refractivity contribution >= 4 is 28.3 Å². The molecule has 0 bridgehead atoms. The molecule has 0 saturated carbocycles. The van der Waals surface area contributed by atoms with E-state index in [2.05, 4.69) is 16.9 Å². The van der Waals surface area contributed by atoms with Crippen LogP contribution in [0.25, 0.3) is 10.8 Å². The van der Waals surface area contributed by atoms with Gasteiger partial charge in [-0.25, -0.2) is 9.78 Å². The Balaban J connectivity index is 1.38. The third-order valence-electron chi connectivity index (χ3n) is 5.26. The van der Waals surface area contributed by atoms with E-state index in [1.54, 1.807) is 42.6 Å². The van der Waals surface area contributed by atoms with E-state index >= 15 is 0 Å². The molecular weight excluding hydrogens is 456 g/mol. The van der Waals surface area contributed by atoms with Crippen LogP contribution in [0.5, 0.6) is 17.4 Å². The Morgan fingerprint density at radius 2 is 1.67 bits per heavy atom. The molecule has 0 spiro atoms. The zero-order chi connectivity index (χ0) is 25.5. The highest BCUT2D eigenvalue weighted by Crippen LogP contribution is 2.27. The zero-order valence-electron chi connectivity index (χ0n) is 20.1. The highest BCUT2D eigenvalue weighted by atomic mass is 16.5. The predicted octanol–water partition coefficient (Wildman–Crippen LogP) is 5.95. The summed E-state index contributed by atoms with van der Waals surface area (Å²) in [4.78, 5) is 28.7. The van der Waals surface area contributed by atoms with Gasteiger partial charge in [-0.1, -0.05) is 36.9 Å². The number of anilines is 1. The molecule has 0 aliphatic carbocycles. The SMILES string of the molecule is C=C(C)COc1ccc2cc(Oc3ccc(CC(=O)Nc4ccccc4C(=O)OC)cn3)ccc2c1. The Hall–Kier alpha value is -4.65. The van der Waals surface area contributed by atoms with Crippen molar-refractivity contribution in [1.29, 1.82) is 0 Å². The predicted molar refractivity (Wildman–Crippen MR) is 139 cm³/mol. The van der Waals surface area contributed by atoms with Crippen LogP contribution >= 0.6 is 0 Å². The Morgan fingerprint density at radius 1 is 0.944 bits per heavy atom. The summed E-state index contributed by atoms with van der Waals surface area (Å²) in [5.74, 6) is 1.06. The van der Waals surface area contributed by atoms with Crippen LogP contribution in [-0.4, -0.2) is 30.6 Å². The van der Waals surface area contributed by atoms with Crippen molar-refractivity contribution in [2.24, 2.45) is 0 Å². The van der Waals surface area contributed by atoms with Crippen molar-refractivity contribution in [3.05, 3.63) is 102 Å². The number of amides is 1. The van der Waals surface area contributed by atoms with Crippen LogP contribution in [0.1, 0.15) is 22.8 Å². The van der Waals surface area contributed by atoms with Gasteiger partial charge < -0.3 is 19.5 Å². The van der Waals surface area contributed by atoms with E-state index in [1.165, 1.54) is 7.11 Å². The molecular formula is C29H26N2O5. The van der Waals surface area contributed by atoms with Crippen LogP contribution in [0.2, 0.25) is 0 Å². The lowest BCUT2D eigenvalue weighted by Gasteiger charge is -2.10. The zero-order valence-corrected chi connectivity index (χ0v) is 20.1. The Labute approximate surface area is 209 Å². The van der Waals surface area contributed by atoms with Crippen LogP contribution in [0.4, 0.5) is 5.69 Å². The van der Waals surface area contributed by atoms with E-state index in [4.69, 9.17) is 14.2 Å². The minimum Gasteiger partial charge on any atom is -0.489 e. The number of rotatable bonds is 9. The largest absolute Gasteiger partial charge is 0.489 e. The molecule has 36 heavy (non-hydrogen) atoms. The van der Waals surface area contributed by atoms with Gasteiger partial charge in [-0.15, -0.1) is 0 Å². The minimum atomic E-state index is -0.515. The molecule has 0 saturated heterocycles. The molecule has 7 nitrogen and oxygen atoms in total. The standard InChI is InChI=1S/C29H26N2O5/c1-19(2)18-35-23-11-9-22-16-24(12-10-21(22)15-23)36-28-13-8-20(17-30-28)14-27(32)31-26-7-5-4-6-25(26)29(33)34-3/h4-13,15-17H,1,14,18H2,2-3H3,(H,31,32). The quantitative estimate of drug-likeness (QED) is 0.234. The van der Waals surface area contributed by atoms with Crippen molar-refractivity contribution in [3.63, 3.8) is 0 Å². The first kappa shape index (κ1) is 24.5. The number of ether oxygens (including phenoxy) is 3. The average Bonchev–Trinajstić information content (AvgIpc) is 2.88. The first-order valence-corrected chi connectivity index (χ1v) is 11.3. The summed E-state index contributed by atoms with van der Waals surface area (Å²) >= 11 is 0. The van der Waals surface area contributed by atoms with E-state index in [9.17, 15) is 9.59 Å². The van der Waals surface area contributed by atoms with Crippen molar-refractivity contribution in [2.45, 2.75) is 13.3 Å². The maximum atomic E-state index is 12.5. The van der Waals surface area contributed by atoms with Gasteiger partial charge in [-0.05, 0) is 65.2 Å². The molecule has 1 heterocycles. The number of aromatic nitrogens is 1. The second-order valence-corrected chi connectivity index (χ2v) is 8.29. The number of carbonyl (C=O) groups excluding carboxylic acids is 2. The maximum Gasteiger partial charge on any atom is 0.339 e. The molecule has 0 radical (unpaired) electrons. The molecule has 1 aromatic heterocycles. The van der Waals surface area contributed by atoms with Gasteiger partial charge in [-0.2, -0.15) is 0 Å². The van der Waals surface area contributed by atoms with Gasteiger partial charge in [0.1, 0.15) is 18.1 Å². The van der Waals surface area contributed by atoms with Gasteiger partial charge in [0.2, 0.25) is 11.8 Å². The monoisotopic (exact) mass is 482 g/mol. The van der Waals surface area contributed by atoms with Crippen molar-refractivity contribution in [2.75, 3.05) is 19.0 Å². The number of hydrogen-bond acceptors (Lipinski definition) is 6. The van der Waals surface area contributed by atoms with Gasteiger partial charge in [0.15, 0.2) is 0 Å². The number of nitrogens with zero attached hydrogens (tertiary/aromatic N) is 1. The van der Waals surface area contributed by atoms with Crippen LogP contribution < -0.4 is 14.8 Å². The molecule has 182 valence electrons. The number of fused-ring (bicyclic) bond motifs is 1. The van der Waals surface area contributed by atoms with E-state index in [1.807, 2.05) is 43.3 Å². The lowest BCUT2D eigenvalue weighted by molar-refractivity contribution is -0.115. The van der Waals surface area contributed by atoms with E-state index < -0.39 is 5.97 Å². The Kier molecular flexibility index (Phi) is 7.60. The van der Waals surface area contributed by atoms with Crippen LogP contribution in [0.15, 0.2) is 91.1 Å². The van der Waals surface area contributed by atoms with E-state index in [0.29, 0.717) is 35.1 Å². The second-order valence-electron chi connectivity index (χ2n) is 8.29. The molecule has 0 unspecified atom stereocenters. The van der Waals surface area contributed by atoms with Gasteiger partial charge in [0, 0.05) is 12.3 Å². The summed E-state index contributed by atoms with van der Waals surface area (Å²) in [5.41, 5.74) is 2.35. The summed E-state index contributed by atoms with van der Waals surface area (Å²) in [7, 11) is 1.30. The number of methoxy groups -OCH3 is 1. The Bertz CT molecular complexity index is 1410. The third kappa shape index (κ3) is 6.27. The van der Waals surface area contributed by atoms with Gasteiger partial charge in [-0.3, -0.25) is 4.79 Å². The summed E-state index contributed by atoms with van der Waals surface area (Å²) in [6.07, 6.45) is 1.68. The number of esters is 1. The summed E-state index contributed by atoms with van der Waals surface area (Å²) < 4.78 is 16.4. The molecule has 4 rings (SSSR count). The maximum absolute atomic E-state index is 12.5. The molecule has 3 aromatic carbocycles. The first-order chi connectivity index (χ1) is 17.4. The van der Waals surface area contributed by atoms with Crippen molar-refractivity contribution in [3.8, 4) is 17.4 Å². The molecule has 0 fully saturated rings. The number of pyridine rings is 1. The third-order valence-corrected chi connectivity index (χ3v) is 5.26. The number of hydrogen-bond donors (Lipinski definition) is 1. The summed E-state index contributed by atoms with van der Waals surface area (Å²) in [6, 6.07) is 21.8. The summed E-state index contributed by atoms with van der Waals surface area (Å²) in [6.45, 7) is 6.26. The molecule has 7 heteroatoms. The van der Waals surface area contributed by atoms with Crippen molar-refractivity contribution in [1.82, 2.24) is 4.98 Å². The normalized spacial score (nSPS) is 10.5. The molecule has 1 amide bonds. The smallest absolute Gasteiger partial charge is 0.339 e. The first-order valence-electron chi connectivity index (χ1n) is 11.3. The summed E-state index contributed by atoms with van der Waals surface area (Å²) in [5, 5.41) is 4.79. The fourth-order valence-corrected chi connectivity index (χ4v) is 3.52. The molecule has 0 aliphatic rings. The van der Waals surface area contributed by atoms with Crippen LogP contribution in [0.3, 0.4) is 0 Å². The van der Waals surface area contributed by atoms with E-state index in [-0.39, 0.29) is 12.3 Å². The number of para-hydroxylation sites is 1. The number of nitrogens with one attached hydrogen (secondary N) is 1. The Morgan fingerprint density at radius 3 is 2.36 bits per heavy atom. The highest BCUT2D eigenvalue weighted by Gasteiger charge is 2.14. The van der Waals surface area contributed by atoms with Crippen LogP contribution in [0, 0.1) is 0 Å². The topological polar surface area (TPSA) is 86.8 Å². The van der Waals surface area contributed by atoms with Crippen LogP contribution in [-0.2, 0) is 16.0 Å². The average molecular weight is 483 g/mol. The van der Waals surface area contributed by atoms with E-state index in [0.717, 1.165) is 22.1 Å². The molecule has 4 aromatic rings. The fraction of sp³-hybridized carbons (Fsp3) is 0.138. The number of carbonyl (C=O) groups is 2.